The van der Waals surface area contributed by atoms with Crippen molar-refractivity contribution in [3.05, 3.63) is 33.8 Å². The lowest BCUT2D eigenvalue weighted by molar-refractivity contribution is -0.138. The summed E-state index contributed by atoms with van der Waals surface area (Å²) in [6.45, 7) is 4.26. The maximum absolute atomic E-state index is 12.9. The molecule has 3 atom stereocenters. The third kappa shape index (κ3) is 3.68. The molecule has 1 aromatic carbocycles. The van der Waals surface area contributed by atoms with E-state index in [2.05, 4.69) is 29.8 Å². The van der Waals surface area contributed by atoms with Crippen LogP contribution in [-0.2, 0) is 6.18 Å². The number of benzene rings is 1. The largest absolute Gasteiger partial charge is 0.417 e. The molecule has 3 unspecified atom stereocenters. The van der Waals surface area contributed by atoms with Crippen molar-refractivity contribution in [1.82, 2.24) is 0 Å². The molecule has 0 spiro atoms. The molecule has 1 aliphatic carbocycles. The van der Waals surface area contributed by atoms with Crippen LogP contribution in [0.3, 0.4) is 0 Å². The van der Waals surface area contributed by atoms with Gasteiger partial charge in [-0.15, -0.1) is 0 Å². The van der Waals surface area contributed by atoms with Gasteiger partial charge in [-0.3, -0.25) is 4.79 Å². The van der Waals surface area contributed by atoms with Gasteiger partial charge >= 0.3 is 6.18 Å². The highest BCUT2D eigenvalue weighted by atomic mass is 79.9. The topological polar surface area (TPSA) is 17.1 Å². The van der Waals surface area contributed by atoms with Crippen LogP contribution in [0.1, 0.15) is 49.0 Å². The van der Waals surface area contributed by atoms with Crippen LogP contribution in [0.2, 0.25) is 0 Å². The normalized spacial score (nSPS) is 26.7. The Kier molecular flexibility index (Phi) is 4.81. The number of hydrogen-bond donors (Lipinski definition) is 0. The fraction of sp³-hybridized carbons (Fsp3) is 0.562. The predicted molar refractivity (Wildman–Crippen MR) is 79.1 cm³/mol. The average molecular weight is 363 g/mol. The van der Waals surface area contributed by atoms with E-state index in [0.29, 0.717) is 11.8 Å². The zero-order valence-corrected chi connectivity index (χ0v) is 13.6. The van der Waals surface area contributed by atoms with Gasteiger partial charge in [-0.05, 0) is 43.2 Å². The minimum atomic E-state index is -4.45. The van der Waals surface area contributed by atoms with E-state index < -0.39 is 11.7 Å². The van der Waals surface area contributed by atoms with Crippen molar-refractivity contribution in [3.8, 4) is 0 Å². The lowest BCUT2D eigenvalue weighted by Gasteiger charge is -2.31. The summed E-state index contributed by atoms with van der Waals surface area (Å²) in [4.78, 5) is 12.5. The van der Waals surface area contributed by atoms with Crippen LogP contribution in [0.4, 0.5) is 13.2 Å². The van der Waals surface area contributed by atoms with Gasteiger partial charge in [0, 0.05) is 16.0 Å². The Bertz CT molecular complexity index is 539. The molecule has 0 aliphatic heterocycles. The second-order valence-corrected chi connectivity index (χ2v) is 6.88. The number of Topliss-reactive ketones (excluding diaryl/α,β-unsaturated/α-hetero) is 1. The molecule has 0 heterocycles. The average Bonchev–Trinajstić information content (AvgIpc) is 2.40. The van der Waals surface area contributed by atoms with Crippen molar-refractivity contribution in [3.63, 3.8) is 0 Å². The third-order valence-electron chi connectivity index (χ3n) is 4.53. The summed E-state index contributed by atoms with van der Waals surface area (Å²) >= 11 is 2.90. The van der Waals surface area contributed by atoms with Gasteiger partial charge in [0.15, 0.2) is 5.78 Å². The van der Waals surface area contributed by atoms with Gasteiger partial charge in [0.2, 0.25) is 0 Å². The van der Waals surface area contributed by atoms with Gasteiger partial charge < -0.3 is 0 Å². The van der Waals surface area contributed by atoms with Crippen LogP contribution in [-0.4, -0.2) is 5.78 Å². The van der Waals surface area contributed by atoms with Gasteiger partial charge in [0.25, 0.3) is 0 Å². The minimum absolute atomic E-state index is 0.0304. The first-order chi connectivity index (χ1) is 9.70. The molecule has 0 bridgehead atoms. The minimum Gasteiger partial charge on any atom is -0.294 e. The molecule has 5 heteroatoms. The second-order valence-electron chi connectivity index (χ2n) is 6.02. The number of alkyl halides is 3. The molecule has 1 nitrogen and oxygen atoms in total. The Balaban J connectivity index is 2.24. The highest BCUT2D eigenvalue weighted by molar-refractivity contribution is 9.10. The van der Waals surface area contributed by atoms with Crippen LogP contribution in [0.15, 0.2) is 22.7 Å². The molecule has 0 radical (unpaired) electrons. The van der Waals surface area contributed by atoms with E-state index in [9.17, 15) is 18.0 Å². The number of rotatable bonds is 2. The highest BCUT2D eigenvalue weighted by Gasteiger charge is 2.35. The first-order valence-electron chi connectivity index (χ1n) is 7.11. The molecule has 2 rings (SSSR count). The fourth-order valence-corrected chi connectivity index (χ4v) is 3.39. The monoisotopic (exact) mass is 362 g/mol. The Labute approximate surface area is 131 Å². The number of hydrogen-bond acceptors (Lipinski definition) is 1. The van der Waals surface area contributed by atoms with Crippen molar-refractivity contribution in [2.45, 2.75) is 39.3 Å². The molecule has 0 N–H and O–H groups in total. The summed E-state index contributed by atoms with van der Waals surface area (Å²) in [6, 6.07) is 3.75. The fourth-order valence-electron chi connectivity index (χ4n) is 2.92. The van der Waals surface area contributed by atoms with Gasteiger partial charge in [-0.1, -0.05) is 35.8 Å². The Morgan fingerprint density at radius 1 is 1.19 bits per heavy atom. The van der Waals surface area contributed by atoms with Crippen LogP contribution in [0.5, 0.6) is 0 Å². The van der Waals surface area contributed by atoms with Crippen LogP contribution < -0.4 is 0 Å². The van der Waals surface area contributed by atoms with Crippen molar-refractivity contribution in [2.75, 3.05) is 0 Å². The van der Waals surface area contributed by atoms with E-state index in [1.807, 2.05) is 0 Å². The SMILES string of the molecule is CC1CCC(C(=O)c2ccc(Br)c(C(F)(F)F)c2)CC1C. The van der Waals surface area contributed by atoms with E-state index in [0.717, 1.165) is 25.3 Å². The van der Waals surface area contributed by atoms with Gasteiger partial charge in [-0.2, -0.15) is 13.2 Å². The number of carbonyl (C=O) groups is 1. The van der Waals surface area contributed by atoms with Crippen molar-refractivity contribution < 1.29 is 18.0 Å². The van der Waals surface area contributed by atoms with Crippen LogP contribution in [0.25, 0.3) is 0 Å². The van der Waals surface area contributed by atoms with Crippen molar-refractivity contribution in [2.24, 2.45) is 17.8 Å². The van der Waals surface area contributed by atoms with Gasteiger partial charge in [-0.25, -0.2) is 0 Å². The molecular formula is C16H18BrF3O. The maximum Gasteiger partial charge on any atom is 0.417 e. The quantitative estimate of drug-likeness (QED) is 0.614. The van der Waals surface area contributed by atoms with Crippen LogP contribution in [0, 0.1) is 17.8 Å². The third-order valence-corrected chi connectivity index (χ3v) is 5.22. The molecule has 116 valence electrons. The second kappa shape index (κ2) is 6.11. The summed E-state index contributed by atoms with van der Waals surface area (Å²) in [6.07, 6.45) is -1.97. The summed E-state index contributed by atoms with van der Waals surface area (Å²) < 4.78 is 38.7. The molecule has 1 saturated carbocycles. The Hall–Kier alpha value is -0.840. The first kappa shape index (κ1) is 16.5. The molecule has 1 fully saturated rings. The summed E-state index contributed by atoms with van der Waals surface area (Å²) in [5.74, 6) is 0.695. The number of ketones is 1. The maximum atomic E-state index is 12.9. The standard InChI is InChI=1S/C16H18BrF3O/c1-9-3-4-11(7-10(9)2)15(21)12-5-6-14(17)13(8-12)16(18,19)20/h5-6,8-11H,3-4,7H2,1-2H3. The molecule has 0 aromatic heterocycles. The first-order valence-corrected chi connectivity index (χ1v) is 7.90. The Morgan fingerprint density at radius 3 is 2.43 bits per heavy atom. The predicted octanol–water partition coefficient (Wildman–Crippen LogP) is 5.72. The number of halogens is 4. The summed E-state index contributed by atoms with van der Waals surface area (Å²) in [5.41, 5.74) is -0.622. The molecular weight excluding hydrogens is 345 g/mol. The molecule has 1 aliphatic rings. The van der Waals surface area contributed by atoms with E-state index in [4.69, 9.17) is 0 Å². The van der Waals surface area contributed by atoms with Crippen molar-refractivity contribution >= 4 is 21.7 Å². The lowest BCUT2D eigenvalue weighted by atomic mass is 9.73. The summed E-state index contributed by atoms with van der Waals surface area (Å²) in [7, 11) is 0. The zero-order chi connectivity index (χ0) is 15.8. The van der Waals surface area contributed by atoms with E-state index >= 15 is 0 Å². The van der Waals surface area contributed by atoms with Crippen molar-refractivity contribution in [1.29, 1.82) is 0 Å². The molecule has 1 aromatic rings. The summed E-state index contributed by atoms with van der Waals surface area (Å²) in [5, 5.41) is 0. The van der Waals surface area contributed by atoms with Gasteiger partial charge in [0.1, 0.15) is 0 Å². The highest BCUT2D eigenvalue weighted by Crippen LogP contribution is 2.38. The molecule has 0 amide bonds. The van der Waals surface area contributed by atoms with E-state index in [1.54, 1.807) is 0 Å². The smallest absolute Gasteiger partial charge is 0.294 e. The number of carbonyl (C=O) groups excluding carboxylic acids is 1. The molecule has 21 heavy (non-hydrogen) atoms. The zero-order valence-electron chi connectivity index (χ0n) is 12.0. The van der Waals surface area contributed by atoms with Gasteiger partial charge in [0.05, 0.1) is 5.56 Å². The Morgan fingerprint density at radius 2 is 1.86 bits per heavy atom. The van der Waals surface area contributed by atoms with E-state index in [1.165, 1.54) is 12.1 Å². The van der Waals surface area contributed by atoms with E-state index in [-0.39, 0.29) is 21.7 Å². The lowest BCUT2D eigenvalue weighted by Crippen LogP contribution is -2.26. The molecule has 0 saturated heterocycles. The van der Waals surface area contributed by atoms with Crippen LogP contribution >= 0.6 is 15.9 Å².